The topological polar surface area (TPSA) is 217 Å². The van der Waals surface area contributed by atoms with E-state index in [0.717, 1.165) is 129 Å². The van der Waals surface area contributed by atoms with Gasteiger partial charge in [-0.15, -0.1) is 11.3 Å². The van der Waals surface area contributed by atoms with Gasteiger partial charge in [-0.1, -0.05) is 113 Å². The number of unbranched alkanes of at least 4 members (excludes halogenated alkanes) is 6. The van der Waals surface area contributed by atoms with Crippen molar-refractivity contribution in [3.05, 3.63) is 130 Å². The Labute approximate surface area is 536 Å². The van der Waals surface area contributed by atoms with E-state index in [1.54, 1.807) is 11.3 Å². The number of hydrogen-bond donors (Lipinski definition) is 5. The van der Waals surface area contributed by atoms with Crippen molar-refractivity contribution in [3.8, 4) is 21.6 Å². The van der Waals surface area contributed by atoms with Crippen LogP contribution < -0.4 is 26.2 Å². The molecule has 19 heteroatoms. The van der Waals surface area contributed by atoms with Gasteiger partial charge in [0, 0.05) is 67.9 Å². The second-order valence-electron chi connectivity index (χ2n) is 27.7. The number of thiazole rings is 2. The molecule has 4 atom stereocenters. The fraction of sp³-hybridized carbons (Fsp3) is 0.507. The first kappa shape index (κ1) is 62.8. The van der Waals surface area contributed by atoms with Crippen LogP contribution in [0.2, 0.25) is 0 Å². The molecule has 4 aliphatic carbocycles. The zero-order valence-electron chi connectivity index (χ0n) is 53.0. The third-order valence-corrected chi connectivity index (χ3v) is 21.9. The van der Waals surface area contributed by atoms with Crippen molar-refractivity contribution in [2.75, 3.05) is 29.9 Å². The van der Waals surface area contributed by atoms with E-state index in [9.17, 15) is 29.1 Å². The summed E-state index contributed by atoms with van der Waals surface area (Å²) in [6.07, 6.45) is 16.4. The number of rotatable bonds is 23. The molecular formula is C71H87N11O6S2. The Morgan fingerprint density at radius 3 is 2.22 bits per heavy atom. The van der Waals surface area contributed by atoms with Crippen LogP contribution in [0.4, 0.5) is 10.9 Å². The van der Waals surface area contributed by atoms with Gasteiger partial charge in [-0.3, -0.25) is 34.0 Å². The Hall–Kier alpha value is -7.35. The molecule has 5 amide bonds. The molecule has 4 saturated carbocycles. The Morgan fingerprint density at radius 1 is 0.789 bits per heavy atom. The number of likely N-dealkylation sites (tertiary alicyclic amines) is 1. The first-order valence-corrected chi connectivity index (χ1v) is 34.5. The third-order valence-electron chi connectivity index (χ3n) is 19.9. The van der Waals surface area contributed by atoms with Crippen LogP contribution in [0.15, 0.2) is 90.6 Å². The van der Waals surface area contributed by atoms with Crippen LogP contribution in [-0.2, 0) is 33.9 Å². The molecule has 1 unspecified atom stereocenters. The van der Waals surface area contributed by atoms with Gasteiger partial charge in [0.2, 0.25) is 17.7 Å². The Kier molecular flexibility index (Phi) is 18.7. The van der Waals surface area contributed by atoms with Crippen LogP contribution >= 0.6 is 22.7 Å². The maximum atomic E-state index is 14.6. The van der Waals surface area contributed by atoms with E-state index < -0.39 is 23.6 Å². The summed E-state index contributed by atoms with van der Waals surface area (Å²) in [5.41, 5.74) is 11.0. The van der Waals surface area contributed by atoms with Crippen molar-refractivity contribution >= 4 is 73.4 Å². The third kappa shape index (κ3) is 13.9. The number of nitrogens with zero attached hydrogens (tertiary/aromatic N) is 7. The van der Waals surface area contributed by atoms with Gasteiger partial charge in [0.25, 0.3) is 11.8 Å². The maximum absolute atomic E-state index is 14.6. The number of nitrogens with one attached hydrogen (secondary N) is 4. The number of aryl methyl sites for hydroxylation is 1. The Bertz CT molecular complexity index is 3700. The number of aliphatic hydroxyl groups is 1. The lowest BCUT2D eigenvalue weighted by atomic mass is 9.49. The minimum atomic E-state index is -0.888. The van der Waals surface area contributed by atoms with Crippen LogP contribution in [0.1, 0.15) is 179 Å². The largest absolute Gasteiger partial charge is 0.391 e. The molecule has 5 fully saturated rings. The highest BCUT2D eigenvalue weighted by molar-refractivity contribution is 7.22. The van der Waals surface area contributed by atoms with Gasteiger partial charge in [0.05, 0.1) is 44.6 Å². The average molecular weight is 1250 g/mol. The van der Waals surface area contributed by atoms with Gasteiger partial charge in [0.1, 0.15) is 23.6 Å². The number of carbonyl (C=O) groups is 5. The van der Waals surface area contributed by atoms with Crippen LogP contribution in [0.3, 0.4) is 0 Å². The molecule has 4 bridgehead atoms. The number of para-hydroxylation sites is 1. The van der Waals surface area contributed by atoms with E-state index in [0.29, 0.717) is 53.7 Å². The Balaban J connectivity index is 0.630. The molecule has 90 heavy (non-hydrogen) atoms. The van der Waals surface area contributed by atoms with Crippen LogP contribution in [0, 0.1) is 42.4 Å². The minimum Gasteiger partial charge on any atom is -0.391 e. The van der Waals surface area contributed by atoms with E-state index in [-0.39, 0.29) is 55.0 Å². The molecule has 1 saturated heterocycles. The normalized spacial score (nSPS) is 21.7. The van der Waals surface area contributed by atoms with Crippen molar-refractivity contribution in [3.63, 3.8) is 0 Å². The first-order valence-electron chi connectivity index (χ1n) is 32.8. The zero-order valence-corrected chi connectivity index (χ0v) is 54.6. The van der Waals surface area contributed by atoms with Gasteiger partial charge in [0.15, 0.2) is 5.13 Å². The molecule has 6 aliphatic rings. The number of anilines is 2. The molecule has 3 aromatic carbocycles. The SMILES string of the molecule is Cc1ncsc1-c1ccc([C@H](C)NC(=O)[C@@H]2C[C@@H](O)CN2C(=O)C(NC(=O)CCCCCCCCCNC(=O)c2nc(N3CCc4cccc(C(=O)Nc5nc6ccccc6s5)c4C3)ccc2-c2cnn(CC34CC5CC(CC(C5)C3)C4)c2C)C(C)(C)C)cc1. The molecule has 17 nitrogen and oxygen atoms in total. The summed E-state index contributed by atoms with van der Waals surface area (Å²) >= 11 is 3.04. The highest BCUT2D eigenvalue weighted by Gasteiger charge is 2.51. The summed E-state index contributed by atoms with van der Waals surface area (Å²) in [7, 11) is 0. The van der Waals surface area contributed by atoms with Crippen molar-refractivity contribution in [2.45, 2.75) is 182 Å². The molecule has 13 rings (SSSR count). The fourth-order valence-electron chi connectivity index (χ4n) is 15.6. The van der Waals surface area contributed by atoms with Gasteiger partial charge in [-0.05, 0) is 160 Å². The summed E-state index contributed by atoms with van der Waals surface area (Å²) in [6, 6.07) is 23.7. The predicted molar refractivity (Wildman–Crippen MR) is 355 cm³/mol. The van der Waals surface area contributed by atoms with Crippen molar-refractivity contribution < 1.29 is 29.1 Å². The van der Waals surface area contributed by atoms with Crippen LogP contribution in [0.5, 0.6) is 0 Å². The fourth-order valence-corrected chi connectivity index (χ4v) is 17.3. The maximum Gasteiger partial charge on any atom is 0.270 e. The minimum absolute atomic E-state index is 0.0114. The number of amides is 5. The van der Waals surface area contributed by atoms with Gasteiger partial charge in [-0.25, -0.2) is 15.0 Å². The smallest absolute Gasteiger partial charge is 0.270 e. The molecule has 0 spiro atoms. The van der Waals surface area contributed by atoms with Crippen LogP contribution in [0.25, 0.3) is 31.8 Å². The molecule has 2 aliphatic heterocycles. The lowest BCUT2D eigenvalue weighted by molar-refractivity contribution is -0.144. The monoisotopic (exact) mass is 1250 g/mol. The highest BCUT2D eigenvalue weighted by Crippen LogP contribution is 2.60. The van der Waals surface area contributed by atoms with Crippen molar-refractivity contribution in [1.29, 1.82) is 0 Å². The van der Waals surface area contributed by atoms with Crippen molar-refractivity contribution in [1.82, 2.24) is 45.6 Å². The summed E-state index contributed by atoms with van der Waals surface area (Å²) in [5, 5.41) is 28.8. The van der Waals surface area contributed by atoms with E-state index in [1.165, 1.54) is 54.8 Å². The summed E-state index contributed by atoms with van der Waals surface area (Å²) in [4.78, 5) is 89.1. The molecule has 4 aromatic heterocycles. The molecular weight excluding hydrogens is 1170 g/mol. The number of aliphatic hydroxyl groups excluding tert-OH is 1. The molecule has 7 aromatic rings. The van der Waals surface area contributed by atoms with Crippen molar-refractivity contribution in [2.24, 2.45) is 28.6 Å². The number of aromatic nitrogens is 5. The standard InChI is InChI=1S/C71H87N11O6S2/c1-43(49-22-24-51(25-23-49)63-44(2)73-42-89-63)75-66(86)58-34-52(83)39-81(58)68(88)64(70(4,5)6)78-61(84)21-12-10-8-7-9-11-15-29-72-67(87)62-53(55-38-74-82(45(55)3)41-71-35-46-31-47(36-71)33-48(32-46)37-71)26-27-60(77-62)80-30-28-50-17-16-18-54(56(50)40-80)65(85)79-69-76-57-19-13-14-20-59(57)90-69/h13-14,16-20,22-27,38,42-43,46-48,52,58,64,83H,7-12,15,21,28-37,39-41H2,1-6H3,(H,72,87)(H,75,86)(H,78,84)(H,76,79,85)/t43-,46?,47?,48?,52+,58-,64?,71?/m0/s1. The number of fused-ring (bicyclic) bond motifs is 2. The predicted octanol–water partition coefficient (Wildman–Crippen LogP) is 12.5. The molecule has 6 heterocycles. The molecule has 5 N–H and O–H groups in total. The van der Waals surface area contributed by atoms with E-state index in [4.69, 9.17) is 10.1 Å². The number of hydrogen-bond acceptors (Lipinski definition) is 13. The zero-order chi connectivity index (χ0) is 62.8. The highest BCUT2D eigenvalue weighted by atomic mass is 32.1. The first-order chi connectivity index (χ1) is 43.3. The van der Waals surface area contributed by atoms with E-state index >= 15 is 0 Å². The van der Waals surface area contributed by atoms with Gasteiger partial charge >= 0.3 is 0 Å². The summed E-state index contributed by atoms with van der Waals surface area (Å²) in [5.74, 6) is 1.83. The Morgan fingerprint density at radius 2 is 1.51 bits per heavy atom. The number of carbonyl (C=O) groups excluding carboxylic acids is 5. The second kappa shape index (κ2) is 26.8. The summed E-state index contributed by atoms with van der Waals surface area (Å²) in [6.45, 7) is 14.3. The lowest BCUT2D eigenvalue weighted by Crippen LogP contribution is -2.57. The lowest BCUT2D eigenvalue weighted by Gasteiger charge is -2.56. The quantitative estimate of drug-likeness (QED) is 0.0380. The molecule has 0 radical (unpaired) electrons. The summed E-state index contributed by atoms with van der Waals surface area (Å²) < 4.78 is 3.21. The van der Waals surface area contributed by atoms with E-state index in [2.05, 4.69) is 53.8 Å². The van der Waals surface area contributed by atoms with E-state index in [1.807, 2.05) is 119 Å². The number of β-amino-alcohol motifs (C(OH)–C–C–N with tert-alkyl or cyclic N) is 1. The number of pyridine rings is 1. The average Bonchev–Trinajstić information content (AvgIpc) is 1.22. The number of benzene rings is 3. The van der Waals surface area contributed by atoms with Gasteiger partial charge < -0.3 is 30.9 Å². The van der Waals surface area contributed by atoms with Crippen LogP contribution in [-0.4, -0.2) is 102 Å². The second-order valence-corrected chi connectivity index (χ2v) is 29.6. The molecule has 474 valence electrons. The van der Waals surface area contributed by atoms with Gasteiger partial charge in [-0.2, -0.15) is 5.10 Å².